The molecule has 1 aromatic heterocycles. The third-order valence-corrected chi connectivity index (χ3v) is 2.80. The molecule has 0 fully saturated rings. The second-order valence-electron chi connectivity index (χ2n) is 3.98. The Bertz CT molecular complexity index is 520. The van der Waals surface area contributed by atoms with Crippen molar-refractivity contribution >= 4 is 23.1 Å². The number of anilines is 2. The van der Waals surface area contributed by atoms with E-state index in [1.807, 2.05) is 37.1 Å². The second kappa shape index (κ2) is 4.72. The molecule has 4 heteroatoms. The average Bonchev–Trinajstić information content (AvgIpc) is 2.27. The van der Waals surface area contributed by atoms with E-state index < -0.39 is 0 Å². The van der Waals surface area contributed by atoms with E-state index in [0.29, 0.717) is 0 Å². The first-order chi connectivity index (χ1) is 8.08. The monoisotopic (exact) mass is 247 g/mol. The Kier molecular flexibility index (Phi) is 3.29. The van der Waals surface area contributed by atoms with E-state index in [1.165, 1.54) is 5.56 Å². The van der Waals surface area contributed by atoms with Crippen LogP contribution in [0.15, 0.2) is 30.3 Å². The molecule has 3 nitrogen and oxygen atoms in total. The van der Waals surface area contributed by atoms with Crippen LogP contribution in [0.4, 0.5) is 11.5 Å². The van der Waals surface area contributed by atoms with Crippen LogP contribution in [0.5, 0.6) is 0 Å². The molecule has 0 radical (unpaired) electrons. The Morgan fingerprint density at radius 2 is 1.82 bits per heavy atom. The normalized spacial score (nSPS) is 10.4. The van der Waals surface area contributed by atoms with Crippen molar-refractivity contribution in [2.45, 2.75) is 13.8 Å². The van der Waals surface area contributed by atoms with Gasteiger partial charge >= 0.3 is 0 Å². The summed E-state index contributed by atoms with van der Waals surface area (Å²) in [4.78, 5) is 10.3. The van der Waals surface area contributed by atoms with Gasteiger partial charge in [-0.15, -0.1) is 0 Å². The molecule has 0 N–H and O–H groups in total. The summed E-state index contributed by atoms with van der Waals surface area (Å²) in [6, 6.07) is 10.1. The average molecular weight is 248 g/mol. The Morgan fingerprint density at radius 3 is 2.47 bits per heavy atom. The predicted octanol–water partition coefficient (Wildman–Crippen LogP) is 3.51. The van der Waals surface area contributed by atoms with Gasteiger partial charge in [0.05, 0.1) is 0 Å². The summed E-state index contributed by atoms with van der Waals surface area (Å²) in [5.41, 5.74) is 3.17. The molecule has 88 valence electrons. The number of aromatic nitrogens is 2. The summed E-state index contributed by atoms with van der Waals surface area (Å²) in [5.74, 6) is 0.803. The molecule has 0 amide bonds. The van der Waals surface area contributed by atoms with Crippen molar-refractivity contribution < 1.29 is 0 Å². The number of nitrogens with zero attached hydrogens (tertiary/aromatic N) is 3. The lowest BCUT2D eigenvalue weighted by atomic mass is 10.2. The molecule has 0 aliphatic rings. The highest BCUT2D eigenvalue weighted by atomic mass is 35.5. The van der Waals surface area contributed by atoms with Gasteiger partial charge in [0.15, 0.2) is 0 Å². The number of hydrogen-bond donors (Lipinski definition) is 0. The van der Waals surface area contributed by atoms with E-state index in [9.17, 15) is 0 Å². The zero-order chi connectivity index (χ0) is 12.4. The number of para-hydroxylation sites is 1. The van der Waals surface area contributed by atoms with Crippen molar-refractivity contribution in [3.05, 3.63) is 46.9 Å². The quantitative estimate of drug-likeness (QED) is 0.761. The van der Waals surface area contributed by atoms with Crippen LogP contribution in [0.25, 0.3) is 0 Å². The molecule has 1 heterocycles. The van der Waals surface area contributed by atoms with Crippen molar-refractivity contribution in [2.24, 2.45) is 0 Å². The third kappa shape index (κ3) is 2.56. The summed E-state index contributed by atoms with van der Waals surface area (Å²) in [6.07, 6.45) is 0. The number of aryl methyl sites for hydroxylation is 2. The smallest absolute Gasteiger partial charge is 0.224 e. The maximum atomic E-state index is 5.87. The molecule has 2 rings (SSSR count). The minimum Gasteiger partial charge on any atom is -0.329 e. The zero-order valence-electron chi connectivity index (χ0n) is 10.1. The van der Waals surface area contributed by atoms with Gasteiger partial charge in [-0.05, 0) is 37.1 Å². The number of halogens is 1. The Labute approximate surface area is 106 Å². The number of rotatable bonds is 2. The highest BCUT2D eigenvalue weighted by Crippen LogP contribution is 2.25. The lowest BCUT2D eigenvalue weighted by Gasteiger charge is -2.20. The van der Waals surface area contributed by atoms with Gasteiger partial charge in [-0.2, -0.15) is 0 Å². The van der Waals surface area contributed by atoms with Gasteiger partial charge in [-0.3, -0.25) is 0 Å². The van der Waals surface area contributed by atoms with Crippen molar-refractivity contribution in [1.29, 1.82) is 0 Å². The van der Waals surface area contributed by atoms with Crippen LogP contribution in [-0.2, 0) is 0 Å². The molecule has 0 aliphatic heterocycles. The minimum atomic E-state index is 0.278. The lowest BCUT2D eigenvalue weighted by Crippen LogP contribution is -2.13. The summed E-state index contributed by atoms with van der Waals surface area (Å²) in [6.45, 7) is 3.98. The zero-order valence-corrected chi connectivity index (χ0v) is 10.9. The molecule has 2 aromatic rings. The van der Waals surface area contributed by atoms with Gasteiger partial charge < -0.3 is 4.90 Å². The number of hydrogen-bond acceptors (Lipinski definition) is 3. The van der Waals surface area contributed by atoms with Crippen LogP contribution in [0.3, 0.4) is 0 Å². The maximum Gasteiger partial charge on any atom is 0.224 e. The molecule has 1 aromatic carbocycles. The van der Waals surface area contributed by atoms with Gasteiger partial charge in [0, 0.05) is 24.5 Å². The van der Waals surface area contributed by atoms with Crippen LogP contribution in [0.2, 0.25) is 5.28 Å². The molecule has 0 atom stereocenters. The molecule has 0 bridgehead atoms. The van der Waals surface area contributed by atoms with Crippen molar-refractivity contribution in [1.82, 2.24) is 9.97 Å². The largest absolute Gasteiger partial charge is 0.329 e. The van der Waals surface area contributed by atoms with Crippen LogP contribution >= 0.6 is 11.6 Å². The van der Waals surface area contributed by atoms with Gasteiger partial charge in [0.25, 0.3) is 0 Å². The Hall–Kier alpha value is -1.61. The van der Waals surface area contributed by atoms with E-state index in [2.05, 4.69) is 29.0 Å². The molecular formula is C13H14ClN3. The maximum absolute atomic E-state index is 5.87. The fourth-order valence-corrected chi connectivity index (χ4v) is 1.97. The molecular weight excluding hydrogens is 234 g/mol. The van der Waals surface area contributed by atoms with Crippen LogP contribution < -0.4 is 4.90 Å². The van der Waals surface area contributed by atoms with E-state index in [1.54, 1.807) is 0 Å². The second-order valence-corrected chi connectivity index (χ2v) is 4.32. The summed E-state index contributed by atoms with van der Waals surface area (Å²) < 4.78 is 0. The standard InChI is InChI=1S/C13H14ClN3/c1-9-6-4-5-7-11(9)17(3)12-8-10(2)15-13(14)16-12/h4-8H,1-3H3. The highest BCUT2D eigenvalue weighted by molar-refractivity contribution is 6.28. The van der Waals surface area contributed by atoms with Crippen molar-refractivity contribution in [3.63, 3.8) is 0 Å². The number of benzene rings is 1. The van der Waals surface area contributed by atoms with Crippen LogP contribution in [0, 0.1) is 13.8 Å². The van der Waals surface area contributed by atoms with Crippen molar-refractivity contribution in [3.8, 4) is 0 Å². The summed E-state index contributed by atoms with van der Waals surface area (Å²) in [5, 5.41) is 0.278. The van der Waals surface area contributed by atoms with E-state index in [-0.39, 0.29) is 5.28 Å². The minimum absolute atomic E-state index is 0.278. The van der Waals surface area contributed by atoms with E-state index in [0.717, 1.165) is 17.2 Å². The predicted molar refractivity (Wildman–Crippen MR) is 71.0 cm³/mol. The lowest BCUT2D eigenvalue weighted by molar-refractivity contribution is 1.04. The summed E-state index contributed by atoms with van der Waals surface area (Å²) >= 11 is 5.87. The van der Waals surface area contributed by atoms with Gasteiger partial charge in [-0.1, -0.05) is 18.2 Å². The molecule has 0 unspecified atom stereocenters. The Balaban J connectivity index is 2.43. The SMILES string of the molecule is Cc1cc(N(C)c2ccccc2C)nc(Cl)n1. The van der Waals surface area contributed by atoms with Crippen molar-refractivity contribution in [2.75, 3.05) is 11.9 Å². The summed E-state index contributed by atoms with van der Waals surface area (Å²) in [7, 11) is 1.97. The van der Waals surface area contributed by atoms with Crippen LogP contribution in [-0.4, -0.2) is 17.0 Å². The first kappa shape index (κ1) is 11.9. The molecule has 17 heavy (non-hydrogen) atoms. The molecule has 0 aliphatic carbocycles. The fraction of sp³-hybridized carbons (Fsp3) is 0.231. The highest BCUT2D eigenvalue weighted by Gasteiger charge is 2.09. The molecule has 0 saturated heterocycles. The molecule has 0 saturated carbocycles. The first-order valence-corrected chi connectivity index (χ1v) is 5.76. The topological polar surface area (TPSA) is 29.0 Å². The van der Waals surface area contributed by atoms with E-state index in [4.69, 9.17) is 11.6 Å². The first-order valence-electron chi connectivity index (χ1n) is 5.38. The van der Waals surface area contributed by atoms with Gasteiger partial charge in [0.2, 0.25) is 5.28 Å². The Morgan fingerprint density at radius 1 is 1.12 bits per heavy atom. The van der Waals surface area contributed by atoms with Gasteiger partial charge in [-0.25, -0.2) is 9.97 Å². The van der Waals surface area contributed by atoms with Gasteiger partial charge in [0.1, 0.15) is 5.82 Å². The fourth-order valence-electron chi connectivity index (χ4n) is 1.75. The van der Waals surface area contributed by atoms with E-state index >= 15 is 0 Å². The van der Waals surface area contributed by atoms with Crippen LogP contribution in [0.1, 0.15) is 11.3 Å². The molecule has 0 spiro atoms. The third-order valence-electron chi connectivity index (χ3n) is 2.63.